The number of benzene rings is 1. The summed E-state index contributed by atoms with van der Waals surface area (Å²) in [5.74, 6) is 0.752. The van der Waals surface area contributed by atoms with Crippen LogP contribution in [0.15, 0.2) is 18.2 Å². The van der Waals surface area contributed by atoms with Gasteiger partial charge in [-0.1, -0.05) is 24.6 Å². The van der Waals surface area contributed by atoms with Gasteiger partial charge in [-0.3, -0.25) is 0 Å². The maximum Gasteiger partial charge on any atom is 0.0426 e. The molecule has 3 atom stereocenters. The molecule has 3 unspecified atom stereocenters. The summed E-state index contributed by atoms with van der Waals surface area (Å²) in [4.78, 5) is 2.48. The summed E-state index contributed by atoms with van der Waals surface area (Å²) in [6.45, 7) is 7.77. The summed E-state index contributed by atoms with van der Waals surface area (Å²) in [5, 5.41) is 0.810. The molecule has 1 aromatic rings. The molecular formula is C15H23ClN2. The molecule has 3 heteroatoms. The van der Waals surface area contributed by atoms with Crippen molar-refractivity contribution < 1.29 is 0 Å². The molecule has 1 aliphatic heterocycles. The maximum absolute atomic E-state index is 6.16. The van der Waals surface area contributed by atoms with E-state index >= 15 is 0 Å². The molecule has 0 aliphatic carbocycles. The highest BCUT2D eigenvalue weighted by Gasteiger charge is 2.27. The van der Waals surface area contributed by atoms with Crippen LogP contribution in [0.5, 0.6) is 0 Å². The standard InChI is InChI=1S/C15H23ClN2/c1-10-6-12(3)18(9-10)15-8-14(16)5-4-13(15)7-11(2)17/h4-5,8,10-12H,6-7,9,17H2,1-3H3. The van der Waals surface area contributed by atoms with Gasteiger partial charge in [0, 0.05) is 29.3 Å². The Hall–Kier alpha value is -0.730. The third-order valence-electron chi connectivity index (χ3n) is 3.68. The molecule has 100 valence electrons. The summed E-state index contributed by atoms with van der Waals surface area (Å²) in [6, 6.07) is 6.95. The Labute approximate surface area is 115 Å². The van der Waals surface area contributed by atoms with Crippen molar-refractivity contribution in [2.45, 2.75) is 45.7 Å². The minimum atomic E-state index is 0.181. The van der Waals surface area contributed by atoms with Crippen LogP contribution in [0.2, 0.25) is 5.02 Å². The molecule has 2 nitrogen and oxygen atoms in total. The van der Waals surface area contributed by atoms with E-state index in [2.05, 4.69) is 37.8 Å². The van der Waals surface area contributed by atoms with Crippen LogP contribution in [0.1, 0.15) is 32.8 Å². The predicted octanol–water partition coefficient (Wildman–Crippen LogP) is 3.46. The molecule has 0 spiro atoms. The summed E-state index contributed by atoms with van der Waals surface area (Å²) >= 11 is 6.16. The van der Waals surface area contributed by atoms with Crippen molar-refractivity contribution in [1.29, 1.82) is 0 Å². The number of rotatable bonds is 3. The van der Waals surface area contributed by atoms with Crippen LogP contribution in [0, 0.1) is 5.92 Å². The van der Waals surface area contributed by atoms with E-state index in [-0.39, 0.29) is 6.04 Å². The molecule has 0 saturated carbocycles. The van der Waals surface area contributed by atoms with Gasteiger partial charge in [-0.05, 0) is 50.3 Å². The SMILES string of the molecule is CC(N)Cc1ccc(Cl)cc1N1CC(C)CC1C. The summed E-state index contributed by atoms with van der Waals surface area (Å²) in [6.07, 6.45) is 2.16. The lowest BCUT2D eigenvalue weighted by Crippen LogP contribution is -2.29. The summed E-state index contributed by atoms with van der Waals surface area (Å²) in [7, 11) is 0. The smallest absolute Gasteiger partial charge is 0.0426 e. The molecule has 2 N–H and O–H groups in total. The van der Waals surface area contributed by atoms with Gasteiger partial charge < -0.3 is 10.6 Å². The number of hydrogen-bond acceptors (Lipinski definition) is 2. The second-order valence-electron chi connectivity index (χ2n) is 5.80. The first-order chi connectivity index (χ1) is 8.47. The molecule has 0 radical (unpaired) electrons. The van der Waals surface area contributed by atoms with E-state index in [1.165, 1.54) is 17.7 Å². The number of hydrogen-bond donors (Lipinski definition) is 1. The first-order valence-electron chi connectivity index (χ1n) is 6.78. The molecule has 1 aliphatic rings. The fourth-order valence-corrected chi connectivity index (χ4v) is 3.13. The van der Waals surface area contributed by atoms with Gasteiger partial charge in [0.25, 0.3) is 0 Å². The lowest BCUT2D eigenvalue weighted by molar-refractivity contribution is 0.625. The van der Waals surface area contributed by atoms with Gasteiger partial charge in [-0.15, -0.1) is 0 Å². The third kappa shape index (κ3) is 2.99. The van der Waals surface area contributed by atoms with E-state index in [0.717, 1.165) is 23.9 Å². The molecular weight excluding hydrogens is 244 g/mol. The number of anilines is 1. The van der Waals surface area contributed by atoms with Crippen LogP contribution >= 0.6 is 11.6 Å². The fraction of sp³-hybridized carbons (Fsp3) is 0.600. The minimum absolute atomic E-state index is 0.181. The van der Waals surface area contributed by atoms with Crippen LogP contribution < -0.4 is 10.6 Å². The average Bonchev–Trinajstić information content (AvgIpc) is 2.60. The Kier molecular flexibility index (Phi) is 4.18. The lowest BCUT2D eigenvalue weighted by Gasteiger charge is -2.27. The van der Waals surface area contributed by atoms with E-state index in [1.54, 1.807) is 0 Å². The molecule has 18 heavy (non-hydrogen) atoms. The first-order valence-corrected chi connectivity index (χ1v) is 7.15. The number of nitrogens with zero attached hydrogens (tertiary/aromatic N) is 1. The quantitative estimate of drug-likeness (QED) is 0.908. The van der Waals surface area contributed by atoms with Crippen molar-refractivity contribution in [2.75, 3.05) is 11.4 Å². The van der Waals surface area contributed by atoms with E-state index in [1.807, 2.05) is 6.07 Å². The summed E-state index contributed by atoms with van der Waals surface area (Å²) < 4.78 is 0. The average molecular weight is 267 g/mol. The zero-order chi connectivity index (χ0) is 13.3. The first kappa shape index (κ1) is 13.7. The topological polar surface area (TPSA) is 29.3 Å². The predicted molar refractivity (Wildman–Crippen MR) is 79.4 cm³/mol. The van der Waals surface area contributed by atoms with Gasteiger partial charge >= 0.3 is 0 Å². The largest absolute Gasteiger partial charge is 0.368 e. The number of halogens is 1. The van der Waals surface area contributed by atoms with Gasteiger partial charge in [0.15, 0.2) is 0 Å². The fourth-order valence-electron chi connectivity index (χ4n) is 2.96. The molecule has 1 heterocycles. The van der Waals surface area contributed by atoms with Crippen molar-refractivity contribution in [2.24, 2.45) is 11.7 Å². The molecule has 0 bridgehead atoms. The molecule has 1 aromatic carbocycles. The van der Waals surface area contributed by atoms with Gasteiger partial charge in [-0.2, -0.15) is 0 Å². The van der Waals surface area contributed by atoms with Gasteiger partial charge in [0.1, 0.15) is 0 Å². The van der Waals surface area contributed by atoms with Crippen LogP contribution in [0.3, 0.4) is 0 Å². The van der Waals surface area contributed by atoms with Crippen LogP contribution in [-0.2, 0) is 6.42 Å². The zero-order valence-electron chi connectivity index (χ0n) is 11.5. The second-order valence-corrected chi connectivity index (χ2v) is 6.23. The van der Waals surface area contributed by atoms with Crippen LogP contribution in [-0.4, -0.2) is 18.6 Å². The van der Waals surface area contributed by atoms with Crippen molar-refractivity contribution in [3.8, 4) is 0 Å². The molecule has 2 rings (SSSR count). The van der Waals surface area contributed by atoms with Crippen molar-refractivity contribution in [3.63, 3.8) is 0 Å². The Morgan fingerprint density at radius 3 is 2.72 bits per heavy atom. The van der Waals surface area contributed by atoms with Crippen molar-refractivity contribution in [1.82, 2.24) is 0 Å². The highest BCUT2D eigenvalue weighted by atomic mass is 35.5. The number of nitrogens with two attached hydrogens (primary N) is 1. The van der Waals surface area contributed by atoms with E-state index < -0.39 is 0 Å². The lowest BCUT2D eigenvalue weighted by atomic mass is 10.0. The highest BCUT2D eigenvalue weighted by molar-refractivity contribution is 6.30. The summed E-state index contributed by atoms with van der Waals surface area (Å²) in [5.41, 5.74) is 8.53. The Bertz CT molecular complexity index is 417. The normalized spacial score (nSPS) is 25.5. The third-order valence-corrected chi connectivity index (χ3v) is 3.92. The Balaban J connectivity index is 2.32. The zero-order valence-corrected chi connectivity index (χ0v) is 12.2. The molecule has 1 saturated heterocycles. The van der Waals surface area contributed by atoms with E-state index in [4.69, 9.17) is 17.3 Å². The van der Waals surface area contributed by atoms with Gasteiger partial charge in [0.2, 0.25) is 0 Å². The molecule has 0 aromatic heterocycles. The monoisotopic (exact) mass is 266 g/mol. The van der Waals surface area contributed by atoms with E-state index in [0.29, 0.717) is 6.04 Å². The van der Waals surface area contributed by atoms with Crippen molar-refractivity contribution in [3.05, 3.63) is 28.8 Å². The van der Waals surface area contributed by atoms with E-state index in [9.17, 15) is 0 Å². The second kappa shape index (κ2) is 5.50. The Morgan fingerprint density at radius 2 is 2.17 bits per heavy atom. The van der Waals surface area contributed by atoms with Crippen LogP contribution in [0.4, 0.5) is 5.69 Å². The van der Waals surface area contributed by atoms with Gasteiger partial charge in [0.05, 0.1) is 0 Å². The maximum atomic E-state index is 6.16. The molecule has 0 amide bonds. The van der Waals surface area contributed by atoms with Gasteiger partial charge in [-0.25, -0.2) is 0 Å². The Morgan fingerprint density at radius 1 is 1.44 bits per heavy atom. The van der Waals surface area contributed by atoms with Crippen molar-refractivity contribution >= 4 is 17.3 Å². The molecule has 1 fully saturated rings. The highest BCUT2D eigenvalue weighted by Crippen LogP contribution is 2.33. The van der Waals surface area contributed by atoms with Crippen LogP contribution in [0.25, 0.3) is 0 Å². The minimum Gasteiger partial charge on any atom is -0.368 e.